The molecule has 0 fully saturated rings. The Morgan fingerprint density at radius 3 is 2.51 bits per heavy atom. The van der Waals surface area contributed by atoms with Gasteiger partial charge in [-0.2, -0.15) is 0 Å². The minimum atomic E-state index is -1.35. The SMILES string of the molecule is CCOC(=O)c1c(NC(=O)[C@@H](OC(=O)c2ccccc2F)c2ccccc2)sc2c1CC[C@H](C)C2. The van der Waals surface area contributed by atoms with Gasteiger partial charge in [-0.05, 0) is 49.8 Å². The average molecular weight is 496 g/mol. The van der Waals surface area contributed by atoms with Crippen LogP contribution in [0, 0.1) is 11.7 Å². The Morgan fingerprint density at radius 2 is 1.80 bits per heavy atom. The maximum Gasteiger partial charge on any atom is 0.342 e. The molecular formula is C27H26FNO5S. The summed E-state index contributed by atoms with van der Waals surface area (Å²) in [6, 6.07) is 13.9. The third-order valence-electron chi connectivity index (χ3n) is 5.89. The zero-order valence-electron chi connectivity index (χ0n) is 19.5. The quantitative estimate of drug-likeness (QED) is 0.424. The highest BCUT2D eigenvalue weighted by atomic mass is 32.1. The number of carbonyl (C=O) groups excluding carboxylic acids is 3. The van der Waals surface area contributed by atoms with Gasteiger partial charge >= 0.3 is 11.9 Å². The van der Waals surface area contributed by atoms with Gasteiger partial charge in [0.05, 0.1) is 17.7 Å². The normalized spacial score (nSPS) is 15.6. The van der Waals surface area contributed by atoms with Crippen molar-refractivity contribution >= 4 is 34.2 Å². The maximum atomic E-state index is 14.2. The Bertz CT molecular complexity index is 1240. The summed E-state index contributed by atoms with van der Waals surface area (Å²) in [7, 11) is 0. The molecule has 1 amide bonds. The number of anilines is 1. The van der Waals surface area contributed by atoms with E-state index in [9.17, 15) is 18.8 Å². The van der Waals surface area contributed by atoms with E-state index in [4.69, 9.17) is 9.47 Å². The lowest BCUT2D eigenvalue weighted by Gasteiger charge is -2.19. The number of fused-ring (bicyclic) bond motifs is 1. The third-order valence-corrected chi connectivity index (χ3v) is 7.06. The van der Waals surface area contributed by atoms with E-state index in [1.807, 2.05) is 0 Å². The molecule has 0 aliphatic heterocycles. The summed E-state index contributed by atoms with van der Waals surface area (Å²) < 4.78 is 24.9. The van der Waals surface area contributed by atoms with Gasteiger partial charge in [-0.15, -0.1) is 11.3 Å². The molecule has 0 unspecified atom stereocenters. The summed E-state index contributed by atoms with van der Waals surface area (Å²) in [4.78, 5) is 40.0. The topological polar surface area (TPSA) is 81.7 Å². The first-order valence-electron chi connectivity index (χ1n) is 11.5. The maximum absolute atomic E-state index is 14.2. The molecular weight excluding hydrogens is 469 g/mol. The van der Waals surface area contributed by atoms with Crippen molar-refractivity contribution in [1.29, 1.82) is 0 Å². The summed E-state index contributed by atoms with van der Waals surface area (Å²) in [6.07, 6.45) is 1.13. The Kier molecular flexibility index (Phi) is 7.60. The summed E-state index contributed by atoms with van der Waals surface area (Å²) in [6.45, 7) is 4.09. The predicted octanol–water partition coefficient (Wildman–Crippen LogP) is 5.73. The van der Waals surface area contributed by atoms with Crippen molar-refractivity contribution in [2.75, 3.05) is 11.9 Å². The number of thiophene rings is 1. The van der Waals surface area contributed by atoms with Crippen molar-refractivity contribution < 1.29 is 28.2 Å². The predicted molar refractivity (Wildman–Crippen MR) is 131 cm³/mol. The van der Waals surface area contributed by atoms with Crippen LogP contribution in [-0.4, -0.2) is 24.5 Å². The van der Waals surface area contributed by atoms with Crippen LogP contribution >= 0.6 is 11.3 Å². The fourth-order valence-corrected chi connectivity index (χ4v) is 5.54. The van der Waals surface area contributed by atoms with Crippen LogP contribution < -0.4 is 5.32 Å². The van der Waals surface area contributed by atoms with E-state index in [2.05, 4.69) is 12.2 Å². The van der Waals surface area contributed by atoms with Crippen molar-refractivity contribution in [2.45, 2.75) is 39.2 Å². The number of rotatable bonds is 7. The molecule has 4 rings (SSSR count). The third kappa shape index (κ3) is 5.43. The smallest absolute Gasteiger partial charge is 0.342 e. The first-order chi connectivity index (χ1) is 16.9. The van der Waals surface area contributed by atoms with Crippen LogP contribution in [0.2, 0.25) is 0 Å². The highest BCUT2D eigenvalue weighted by molar-refractivity contribution is 7.17. The highest BCUT2D eigenvalue weighted by Crippen LogP contribution is 2.40. The summed E-state index contributed by atoms with van der Waals surface area (Å²) in [5.74, 6) is -2.36. The van der Waals surface area contributed by atoms with E-state index >= 15 is 0 Å². The van der Waals surface area contributed by atoms with Gasteiger partial charge in [0.2, 0.25) is 6.10 Å². The fraction of sp³-hybridized carbons (Fsp3) is 0.296. The van der Waals surface area contributed by atoms with Gasteiger partial charge in [0.15, 0.2) is 0 Å². The molecule has 0 bridgehead atoms. The number of carbonyl (C=O) groups is 3. The van der Waals surface area contributed by atoms with Crippen LogP contribution in [0.5, 0.6) is 0 Å². The number of benzene rings is 2. The Hall–Kier alpha value is -3.52. The molecule has 1 N–H and O–H groups in total. The minimum absolute atomic E-state index is 0.208. The van der Waals surface area contributed by atoms with Crippen LogP contribution in [0.3, 0.4) is 0 Å². The van der Waals surface area contributed by atoms with E-state index in [1.165, 1.54) is 29.5 Å². The van der Waals surface area contributed by atoms with Crippen molar-refractivity contribution in [3.05, 3.63) is 87.5 Å². The molecule has 2 atom stereocenters. The average Bonchev–Trinajstić information content (AvgIpc) is 3.20. The molecule has 0 spiro atoms. The Labute approximate surface area is 207 Å². The molecule has 1 aliphatic carbocycles. The first kappa shape index (κ1) is 24.6. The van der Waals surface area contributed by atoms with Crippen molar-refractivity contribution in [3.63, 3.8) is 0 Å². The number of ether oxygens (including phenoxy) is 2. The van der Waals surface area contributed by atoms with Gasteiger partial charge < -0.3 is 14.8 Å². The standard InChI is InChI=1S/C27H26FNO5S/c1-3-33-27(32)22-19-14-13-16(2)15-21(19)35-25(22)29-24(30)23(17-9-5-4-6-10-17)34-26(31)18-11-7-8-12-20(18)28/h4-12,16,23H,3,13-15H2,1-2H3,(H,29,30)/t16-,23-/m0/s1. The summed E-state index contributed by atoms with van der Waals surface area (Å²) in [5, 5.41) is 3.17. The number of halogens is 1. The number of hydrogen-bond acceptors (Lipinski definition) is 6. The van der Waals surface area contributed by atoms with Crippen molar-refractivity contribution in [3.8, 4) is 0 Å². The van der Waals surface area contributed by atoms with E-state index in [0.717, 1.165) is 35.8 Å². The molecule has 1 heterocycles. The van der Waals surface area contributed by atoms with Crippen LogP contribution in [0.15, 0.2) is 54.6 Å². The van der Waals surface area contributed by atoms with Crippen molar-refractivity contribution in [2.24, 2.45) is 5.92 Å². The molecule has 0 saturated heterocycles. The number of nitrogens with one attached hydrogen (secondary N) is 1. The second-order valence-corrected chi connectivity index (χ2v) is 9.55. The van der Waals surface area contributed by atoms with E-state index < -0.39 is 29.8 Å². The summed E-state index contributed by atoms with van der Waals surface area (Å²) in [5.41, 5.74) is 1.41. The zero-order chi connectivity index (χ0) is 24.9. The number of esters is 2. The van der Waals surface area contributed by atoms with E-state index in [-0.39, 0.29) is 12.2 Å². The van der Waals surface area contributed by atoms with Crippen LogP contribution in [0.1, 0.15) is 63.1 Å². The Morgan fingerprint density at radius 1 is 1.09 bits per heavy atom. The van der Waals surface area contributed by atoms with E-state index in [0.29, 0.717) is 22.0 Å². The van der Waals surface area contributed by atoms with Gasteiger partial charge in [0.1, 0.15) is 10.8 Å². The first-order valence-corrected chi connectivity index (χ1v) is 12.3. The minimum Gasteiger partial charge on any atom is -0.462 e. The van der Waals surface area contributed by atoms with Gasteiger partial charge in [0.25, 0.3) is 5.91 Å². The molecule has 1 aliphatic rings. The number of amides is 1. The van der Waals surface area contributed by atoms with Crippen LogP contribution in [0.25, 0.3) is 0 Å². The molecule has 35 heavy (non-hydrogen) atoms. The summed E-state index contributed by atoms with van der Waals surface area (Å²) >= 11 is 1.35. The number of hydrogen-bond donors (Lipinski definition) is 1. The largest absolute Gasteiger partial charge is 0.462 e. The zero-order valence-corrected chi connectivity index (χ0v) is 20.3. The second kappa shape index (κ2) is 10.8. The van der Waals surface area contributed by atoms with Crippen molar-refractivity contribution in [1.82, 2.24) is 0 Å². The second-order valence-electron chi connectivity index (χ2n) is 8.44. The van der Waals surface area contributed by atoms with E-state index in [1.54, 1.807) is 37.3 Å². The molecule has 2 aromatic carbocycles. The molecule has 0 radical (unpaired) electrons. The molecule has 3 aromatic rings. The monoisotopic (exact) mass is 495 g/mol. The van der Waals surface area contributed by atoms with Crippen LogP contribution in [-0.2, 0) is 27.1 Å². The Balaban J connectivity index is 1.66. The molecule has 8 heteroatoms. The lowest BCUT2D eigenvalue weighted by molar-refractivity contribution is -0.125. The molecule has 1 aromatic heterocycles. The highest BCUT2D eigenvalue weighted by Gasteiger charge is 2.32. The molecule has 0 saturated carbocycles. The van der Waals surface area contributed by atoms with Gasteiger partial charge in [-0.1, -0.05) is 49.4 Å². The lowest BCUT2D eigenvalue weighted by atomic mass is 9.88. The van der Waals surface area contributed by atoms with Gasteiger partial charge in [-0.3, -0.25) is 4.79 Å². The molecule has 6 nitrogen and oxygen atoms in total. The van der Waals surface area contributed by atoms with Gasteiger partial charge in [0, 0.05) is 10.4 Å². The van der Waals surface area contributed by atoms with Crippen LogP contribution in [0.4, 0.5) is 9.39 Å². The lowest BCUT2D eigenvalue weighted by Crippen LogP contribution is -2.26. The van der Waals surface area contributed by atoms with Gasteiger partial charge in [-0.25, -0.2) is 14.0 Å². The fourth-order valence-electron chi connectivity index (χ4n) is 4.13. The molecule has 182 valence electrons.